The molecule has 0 aliphatic rings. The molecule has 0 aliphatic heterocycles. The van der Waals surface area contributed by atoms with Gasteiger partial charge in [0.2, 0.25) is 5.88 Å². The van der Waals surface area contributed by atoms with Crippen LogP contribution in [0.4, 0.5) is 0 Å². The second-order valence-corrected chi connectivity index (χ2v) is 8.23. The van der Waals surface area contributed by atoms with E-state index in [1.54, 1.807) is 11.6 Å². The first-order valence-electron chi connectivity index (χ1n) is 8.33. The number of benzene rings is 1. The van der Waals surface area contributed by atoms with Crippen LogP contribution in [0, 0.1) is 6.92 Å². The summed E-state index contributed by atoms with van der Waals surface area (Å²) in [6.45, 7) is 1.94. The SMILES string of the molecule is COc1cc(Oc2csc(Br)n2)c2cc(-c3cn4nc(C)ccc4n3)oc2c1. The van der Waals surface area contributed by atoms with Gasteiger partial charge in [-0.25, -0.2) is 9.50 Å². The molecule has 0 bridgehead atoms. The van der Waals surface area contributed by atoms with Crippen LogP contribution in [0.15, 0.2) is 50.2 Å². The molecule has 0 spiro atoms. The van der Waals surface area contributed by atoms with Gasteiger partial charge in [0, 0.05) is 12.1 Å². The van der Waals surface area contributed by atoms with Gasteiger partial charge in [-0.1, -0.05) is 0 Å². The van der Waals surface area contributed by atoms with Crippen molar-refractivity contribution in [2.24, 2.45) is 0 Å². The fourth-order valence-corrected chi connectivity index (χ4v) is 3.80. The first kappa shape index (κ1) is 17.2. The second kappa shape index (κ2) is 6.61. The van der Waals surface area contributed by atoms with E-state index >= 15 is 0 Å². The smallest absolute Gasteiger partial charge is 0.231 e. The molecule has 9 heteroatoms. The summed E-state index contributed by atoms with van der Waals surface area (Å²) in [6, 6.07) is 9.38. The Kier molecular flexibility index (Phi) is 4.06. The molecule has 1 aromatic carbocycles. The third-order valence-corrected chi connectivity index (χ3v) is 5.53. The van der Waals surface area contributed by atoms with Crippen molar-refractivity contribution >= 4 is 43.9 Å². The van der Waals surface area contributed by atoms with Gasteiger partial charge in [0.1, 0.15) is 22.8 Å². The number of aryl methyl sites for hydroxylation is 1. The summed E-state index contributed by atoms with van der Waals surface area (Å²) in [5, 5.41) is 7.07. The van der Waals surface area contributed by atoms with Crippen LogP contribution in [0.5, 0.6) is 17.4 Å². The fourth-order valence-electron chi connectivity index (χ4n) is 2.91. The number of methoxy groups -OCH3 is 1. The second-order valence-electron chi connectivity index (χ2n) is 6.09. The fraction of sp³-hybridized carbons (Fsp3) is 0.105. The Hall–Kier alpha value is -2.91. The molecule has 5 aromatic rings. The number of furan rings is 1. The predicted molar refractivity (Wildman–Crippen MR) is 109 cm³/mol. The van der Waals surface area contributed by atoms with Crippen LogP contribution in [0.25, 0.3) is 28.1 Å². The zero-order valence-corrected chi connectivity index (χ0v) is 17.2. The highest BCUT2D eigenvalue weighted by atomic mass is 79.9. The van der Waals surface area contributed by atoms with E-state index in [4.69, 9.17) is 13.9 Å². The summed E-state index contributed by atoms with van der Waals surface area (Å²) in [6.07, 6.45) is 1.84. The van der Waals surface area contributed by atoms with Crippen LogP contribution in [0.1, 0.15) is 5.69 Å². The molecule has 0 atom stereocenters. The van der Waals surface area contributed by atoms with Crippen LogP contribution in [0.3, 0.4) is 0 Å². The van der Waals surface area contributed by atoms with Crippen LogP contribution >= 0.6 is 27.3 Å². The average molecular weight is 457 g/mol. The molecule has 0 radical (unpaired) electrons. The monoisotopic (exact) mass is 456 g/mol. The lowest BCUT2D eigenvalue weighted by atomic mass is 10.2. The van der Waals surface area contributed by atoms with Crippen LogP contribution in [0.2, 0.25) is 0 Å². The minimum absolute atomic E-state index is 0.501. The van der Waals surface area contributed by atoms with Gasteiger partial charge in [-0.15, -0.1) is 11.3 Å². The van der Waals surface area contributed by atoms with Gasteiger partial charge in [-0.2, -0.15) is 10.1 Å². The van der Waals surface area contributed by atoms with Crippen LogP contribution in [-0.4, -0.2) is 26.7 Å². The molecule has 5 rings (SSSR count). The molecule has 0 saturated carbocycles. The average Bonchev–Trinajstić information content (AvgIpc) is 3.38. The molecule has 4 heterocycles. The molecular weight excluding hydrogens is 444 g/mol. The van der Waals surface area contributed by atoms with Gasteiger partial charge in [-0.3, -0.25) is 0 Å². The lowest BCUT2D eigenvalue weighted by Gasteiger charge is -2.06. The van der Waals surface area contributed by atoms with Gasteiger partial charge in [-0.05, 0) is 41.1 Å². The summed E-state index contributed by atoms with van der Waals surface area (Å²) in [5.74, 6) is 2.35. The van der Waals surface area contributed by atoms with Crippen molar-refractivity contribution in [1.82, 2.24) is 19.6 Å². The van der Waals surface area contributed by atoms with Gasteiger partial charge in [0.15, 0.2) is 15.3 Å². The Labute approximate surface area is 171 Å². The standard InChI is InChI=1S/C19H13BrN4O3S/c1-10-3-4-17-21-13(8-24(17)23-10)16-7-12-14(26-16)5-11(25-2)6-15(12)27-18-9-28-19(20)22-18/h3-9H,1-2H3. The van der Waals surface area contributed by atoms with Crippen molar-refractivity contribution in [3.8, 4) is 28.8 Å². The number of nitrogens with zero attached hydrogens (tertiary/aromatic N) is 4. The lowest BCUT2D eigenvalue weighted by Crippen LogP contribution is -1.91. The normalized spacial score (nSPS) is 11.4. The number of imidazole rings is 1. The summed E-state index contributed by atoms with van der Waals surface area (Å²) in [7, 11) is 1.60. The Bertz CT molecular complexity index is 1320. The van der Waals surface area contributed by atoms with E-state index in [0.717, 1.165) is 20.6 Å². The molecular formula is C19H13BrN4O3S. The Morgan fingerprint density at radius 1 is 1.18 bits per heavy atom. The van der Waals surface area contributed by atoms with Crippen molar-refractivity contribution in [2.45, 2.75) is 6.92 Å². The van der Waals surface area contributed by atoms with Gasteiger partial charge >= 0.3 is 0 Å². The number of rotatable bonds is 4. The highest BCUT2D eigenvalue weighted by molar-refractivity contribution is 9.11. The molecule has 0 amide bonds. The summed E-state index contributed by atoms with van der Waals surface area (Å²) in [5.41, 5.74) is 2.99. The van der Waals surface area contributed by atoms with E-state index < -0.39 is 0 Å². The highest BCUT2D eigenvalue weighted by Gasteiger charge is 2.17. The number of fused-ring (bicyclic) bond motifs is 2. The van der Waals surface area contributed by atoms with Crippen LogP contribution < -0.4 is 9.47 Å². The summed E-state index contributed by atoms with van der Waals surface area (Å²) in [4.78, 5) is 8.88. The topological polar surface area (TPSA) is 74.7 Å². The number of thiazole rings is 1. The molecule has 4 aromatic heterocycles. The first-order chi connectivity index (χ1) is 13.6. The summed E-state index contributed by atoms with van der Waals surface area (Å²) < 4.78 is 19.9. The third kappa shape index (κ3) is 3.02. The Morgan fingerprint density at radius 3 is 2.86 bits per heavy atom. The highest BCUT2D eigenvalue weighted by Crippen LogP contribution is 2.39. The minimum Gasteiger partial charge on any atom is -0.496 e. The first-order valence-corrected chi connectivity index (χ1v) is 10.0. The van der Waals surface area contributed by atoms with E-state index in [0.29, 0.717) is 34.4 Å². The Morgan fingerprint density at radius 2 is 2.07 bits per heavy atom. The quantitative estimate of drug-likeness (QED) is 0.356. The van der Waals surface area contributed by atoms with E-state index in [1.807, 2.05) is 48.8 Å². The van der Waals surface area contributed by atoms with Crippen LogP contribution in [-0.2, 0) is 0 Å². The number of halogens is 1. The van der Waals surface area contributed by atoms with Crippen molar-refractivity contribution in [1.29, 1.82) is 0 Å². The van der Waals surface area contributed by atoms with E-state index in [9.17, 15) is 0 Å². The zero-order chi connectivity index (χ0) is 19.3. The molecule has 0 saturated heterocycles. The number of ether oxygens (including phenoxy) is 2. The molecule has 28 heavy (non-hydrogen) atoms. The minimum atomic E-state index is 0.501. The maximum Gasteiger partial charge on any atom is 0.231 e. The van der Waals surface area contributed by atoms with Gasteiger partial charge < -0.3 is 13.9 Å². The van der Waals surface area contributed by atoms with E-state index in [-0.39, 0.29) is 0 Å². The zero-order valence-electron chi connectivity index (χ0n) is 14.8. The van der Waals surface area contributed by atoms with Crippen molar-refractivity contribution in [3.63, 3.8) is 0 Å². The number of hydrogen-bond acceptors (Lipinski definition) is 7. The third-order valence-electron chi connectivity index (χ3n) is 4.18. The number of hydrogen-bond donors (Lipinski definition) is 0. The largest absolute Gasteiger partial charge is 0.496 e. The van der Waals surface area contributed by atoms with Gasteiger partial charge in [0.25, 0.3) is 0 Å². The molecule has 7 nitrogen and oxygen atoms in total. The van der Waals surface area contributed by atoms with E-state index in [2.05, 4.69) is 31.0 Å². The molecule has 0 unspecified atom stereocenters. The molecule has 0 fully saturated rings. The number of aromatic nitrogens is 4. The molecule has 140 valence electrons. The summed E-state index contributed by atoms with van der Waals surface area (Å²) >= 11 is 4.80. The maximum absolute atomic E-state index is 6.05. The van der Waals surface area contributed by atoms with Crippen molar-refractivity contribution in [3.05, 3.63) is 51.5 Å². The van der Waals surface area contributed by atoms with Crippen molar-refractivity contribution < 1.29 is 13.9 Å². The maximum atomic E-state index is 6.05. The lowest BCUT2D eigenvalue weighted by molar-refractivity contribution is 0.408. The van der Waals surface area contributed by atoms with E-state index in [1.165, 1.54) is 11.3 Å². The predicted octanol–water partition coefficient (Wildman–Crippen LogP) is 5.47. The van der Waals surface area contributed by atoms with Crippen molar-refractivity contribution in [2.75, 3.05) is 7.11 Å². The molecule has 0 N–H and O–H groups in total. The molecule has 0 aliphatic carbocycles. The Balaban J connectivity index is 1.63. The van der Waals surface area contributed by atoms with Gasteiger partial charge in [0.05, 0.1) is 29.8 Å².